The zero-order valence-corrected chi connectivity index (χ0v) is 18.7. The Morgan fingerprint density at radius 2 is 1.16 bits per heavy atom. The van der Waals surface area contributed by atoms with E-state index in [0.717, 1.165) is 24.8 Å². The van der Waals surface area contributed by atoms with Crippen LogP contribution in [0, 0.1) is 11.6 Å². The molecular weight excluding hydrogens is 422 g/mol. The number of hydrogen-bond acceptors (Lipinski definition) is 0. The molecule has 162 valence electrons. The fourth-order valence-corrected chi connectivity index (χ4v) is 4.08. The highest BCUT2D eigenvalue weighted by Gasteiger charge is 2.10. The van der Waals surface area contributed by atoms with Gasteiger partial charge in [0.1, 0.15) is 16.7 Å². The molecule has 3 heteroatoms. The second-order valence-electron chi connectivity index (χ2n) is 8.28. The minimum absolute atomic E-state index is 0.467. The average molecular weight is 447 g/mol. The lowest BCUT2D eigenvalue weighted by Gasteiger charge is -2.12. The normalized spacial score (nSPS) is 12.0. The Morgan fingerprint density at radius 3 is 1.72 bits per heavy atom. The second kappa shape index (κ2) is 10.1. The molecule has 0 N–H and O–H groups in total. The summed E-state index contributed by atoms with van der Waals surface area (Å²) in [6.45, 7) is 2.26. The molecule has 4 aromatic rings. The zero-order valence-electron chi connectivity index (χ0n) is 18.0. The molecule has 0 amide bonds. The van der Waals surface area contributed by atoms with Gasteiger partial charge in [-0.15, -0.1) is 0 Å². The number of halogens is 3. The van der Waals surface area contributed by atoms with E-state index in [1.54, 1.807) is 0 Å². The summed E-state index contributed by atoms with van der Waals surface area (Å²) in [5.74, 6) is -0.997. The van der Waals surface area contributed by atoms with Crippen molar-refractivity contribution < 1.29 is 8.78 Å². The number of aryl methyl sites for hydroxylation is 2. The molecule has 0 fully saturated rings. The Balaban J connectivity index is 1.35. The first-order valence-electron chi connectivity index (χ1n) is 10.9. The van der Waals surface area contributed by atoms with Crippen molar-refractivity contribution in [1.29, 1.82) is 0 Å². The summed E-state index contributed by atoms with van der Waals surface area (Å²) >= 11 is 5.57. The van der Waals surface area contributed by atoms with E-state index in [9.17, 15) is 8.78 Å². The standard InChI is InChI=1S/C29H25ClF2/c1-20(24-5-3-2-4-6-24)17-23-11-9-21(10-12-23)7-8-22-13-15-25(16-14-22)26-18-27(31)29(30)28(32)19-26/h2-6,9-16,18-20H,7-8,17H2,1H3/t20-/m0/s1. The maximum absolute atomic E-state index is 13.7. The number of benzene rings is 4. The Kier molecular flexibility index (Phi) is 7.02. The fraction of sp³-hybridized carbons (Fsp3) is 0.172. The van der Waals surface area contributed by atoms with Gasteiger partial charge < -0.3 is 0 Å². The second-order valence-corrected chi connectivity index (χ2v) is 8.66. The largest absolute Gasteiger partial charge is 0.205 e. The van der Waals surface area contributed by atoms with Crippen molar-refractivity contribution in [2.24, 2.45) is 0 Å². The number of hydrogen-bond donors (Lipinski definition) is 0. The topological polar surface area (TPSA) is 0 Å². The molecule has 0 saturated heterocycles. The van der Waals surface area contributed by atoms with Gasteiger partial charge in [-0.05, 0) is 70.7 Å². The first-order chi connectivity index (χ1) is 15.5. The van der Waals surface area contributed by atoms with Gasteiger partial charge in [0.25, 0.3) is 0 Å². The Labute approximate surface area is 193 Å². The minimum atomic E-state index is -0.743. The Hall–Kier alpha value is -2.97. The minimum Gasteiger partial charge on any atom is -0.205 e. The third-order valence-electron chi connectivity index (χ3n) is 5.91. The highest BCUT2D eigenvalue weighted by molar-refractivity contribution is 6.31. The molecule has 0 saturated carbocycles. The summed E-state index contributed by atoms with van der Waals surface area (Å²) in [5.41, 5.74) is 6.44. The van der Waals surface area contributed by atoms with Gasteiger partial charge in [-0.3, -0.25) is 0 Å². The van der Waals surface area contributed by atoms with Crippen molar-refractivity contribution in [3.8, 4) is 11.1 Å². The predicted octanol–water partition coefficient (Wildman–Crippen LogP) is 8.42. The molecule has 4 rings (SSSR count). The van der Waals surface area contributed by atoms with Gasteiger partial charge in [0.05, 0.1) is 0 Å². The summed E-state index contributed by atoms with van der Waals surface area (Å²) in [6, 6.07) is 29.8. The molecule has 0 aliphatic heterocycles. The third kappa shape index (κ3) is 5.44. The van der Waals surface area contributed by atoms with E-state index in [0.29, 0.717) is 11.5 Å². The monoisotopic (exact) mass is 446 g/mol. The lowest BCUT2D eigenvalue weighted by molar-refractivity contribution is 0.585. The van der Waals surface area contributed by atoms with Crippen molar-refractivity contribution in [2.45, 2.75) is 32.1 Å². The Morgan fingerprint density at radius 1 is 0.656 bits per heavy atom. The van der Waals surface area contributed by atoms with Gasteiger partial charge in [-0.1, -0.05) is 97.4 Å². The summed E-state index contributed by atoms with van der Waals surface area (Å²) in [4.78, 5) is 0. The van der Waals surface area contributed by atoms with E-state index >= 15 is 0 Å². The van der Waals surface area contributed by atoms with Crippen molar-refractivity contribution in [1.82, 2.24) is 0 Å². The van der Waals surface area contributed by atoms with Crippen LogP contribution in [-0.2, 0) is 19.3 Å². The molecular formula is C29H25ClF2. The van der Waals surface area contributed by atoms with Crippen LogP contribution in [0.15, 0.2) is 91.0 Å². The van der Waals surface area contributed by atoms with Gasteiger partial charge >= 0.3 is 0 Å². The van der Waals surface area contributed by atoms with E-state index in [2.05, 4.69) is 61.5 Å². The number of rotatable bonds is 7. The SMILES string of the molecule is C[C@@H](Cc1ccc(CCc2ccc(-c3cc(F)c(Cl)c(F)c3)cc2)cc1)c1ccccc1. The molecule has 0 bridgehead atoms. The fourth-order valence-electron chi connectivity index (χ4n) is 3.97. The van der Waals surface area contributed by atoms with Crippen molar-refractivity contribution >= 4 is 11.6 Å². The van der Waals surface area contributed by atoms with Crippen LogP contribution in [0.5, 0.6) is 0 Å². The molecule has 0 aliphatic carbocycles. The molecule has 0 nitrogen and oxygen atoms in total. The van der Waals surface area contributed by atoms with Crippen LogP contribution in [0.1, 0.15) is 35.1 Å². The highest BCUT2D eigenvalue weighted by Crippen LogP contribution is 2.27. The first kappa shape index (κ1) is 22.2. The quantitative estimate of drug-likeness (QED) is 0.250. The molecule has 4 aromatic carbocycles. The zero-order chi connectivity index (χ0) is 22.5. The van der Waals surface area contributed by atoms with Crippen LogP contribution in [0.4, 0.5) is 8.78 Å². The molecule has 0 radical (unpaired) electrons. The van der Waals surface area contributed by atoms with Crippen LogP contribution in [0.25, 0.3) is 11.1 Å². The summed E-state index contributed by atoms with van der Waals surface area (Å²) in [6.07, 6.45) is 2.87. The van der Waals surface area contributed by atoms with Crippen molar-refractivity contribution in [3.63, 3.8) is 0 Å². The third-order valence-corrected chi connectivity index (χ3v) is 6.27. The summed E-state index contributed by atoms with van der Waals surface area (Å²) in [7, 11) is 0. The molecule has 1 atom stereocenters. The van der Waals surface area contributed by atoms with E-state index in [4.69, 9.17) is 11.6 Å². The molecule has 0 aromatic heterocycles. The Bertz CT molecular complexity index is 1140. The molecule has 0 aliphatic rings. The van der Waals surface area contributed by atoms with E-state index in [1.165, 1.54) is 34.4 Å². The van der Waals surface area contributed by atoms with Crippen LogP contribution in [-0.4, -0.2) is 0 Å². The van der Waals surface area contributed by atoms with Gasteiger partial charge in [0.2, 0.25) is 0 Å². The van der Waals surface area contributed by atoms with Gasteiger partial charge in [-0.25, -0.2) is 8.78 Å². The summed E-state index contributed by atoms with van der Waals surface area (Å²) < 4.78 is 27.5. The maximum atomic E-state index is 13.7. The van der Waals surface area contributed by atoms with Crippen LogP contribution in [0.3, 0.4) is 0 Å². The van der Waals surface area contributed by atoms with Crippen LogP contribution >= 0.6 is 11.6 Å². The lowest BCUT2D eigenvalue weighted by atomic mass is 9.93. The van der Waals surface area contributed by atoms with Crippen LogP contribution < -0.4 is 0 Å². The molecule has 0 heterocycles. The summed E-state index contributed by atoms with van der Waals surface area (Å²) in [5, 5.41) is -0.467. The molecule has 0 spiro atoms. The molecule has 0 unspecified atom stereocenters. The van der Waals surface area contributed by atoms with Gasteiger partial charge in [-0.2, -0.15) is 0 Å². The van der Waals surface area contributed by atoms with Crippen molar-refractivity contribution in [3.05, 3.63) is 130 Å². The van der Waals surface area contributed by atoms with E-state index < -0.39 is 16.7 Å². The first-order valence-corrected chi connectivity index (χ1v) is 11.2. The average Bonchev–Trinajstić information content (AvgIpc) is 2.82. The smallest absolute Gasteiger partial charge is 0.145 e. The van der Waals surface area contributed by atoms with E-state index in [-0.39, 0.29) is 0 Å². The van der Waals surface area contributed by atoms with Gasteiger partial charge in [0.15, 0.2) is 0 Å². The van der Waals surface area contributed by atoms with E-state index in [1.807, 2.05) is 24.3 Å². The highest BCUT2D eigenvalue weighted by atomic mass is 35.5. The predicted molar refractivity (Wildman–Crippen MR) is 129 cm³/mol. The van der Waals surface area contributed by atoms with Gasteiger partial charge in [0, 0.05) is 0 Å². The molecule has 32 heavy (non-hydrogen) atoms. The lowest BCUT2D eigenvalue weighted by Crippen LogP contribution is -1.99. The van der Waals surface area contributed by atoms with Crippen LogP contribution in [0.2, 0.25) is 5.02 Å². The maximum Gasteiger partial charge on any atom is 0.145 e. The van der Waals surface area contributed by atoms with Crippen molar-refractivity contribution in [2.75, 3.05) is 0 Å².